The third kappa shape index (κ3) is 2.14. The predicted octanol–water partition coefficient (Wildman–Crippen LogP) is 1.91. The van der Waals surface area contributed by atoms with Crippen molar-refractivity contribution in [1.29, 1.82) is 0 Å². The third-order valence-electron chi connectivity index (χ3n) is 3.58. The smallest absolute Gasteiger partial charge is 0.244 e. The number of nitrogens with zero attached hydrogens (tertiary/aromatic N) is 1. The first-order valence-corrected chi connectivity index (χ1v) is 7.79. The summed E-state index contributed by atoms with van der Waals surface area (Å²) in [5, 5.41) is 1.96. The minimum atomic E-state index is -3.47. The first-order chi connectivity index (χ1) is 9.09. The highest BCUT2D eigenvalue weighted by atomic mass is 32.2. The third-order valence-corrected chi connectivity index (χ3v) is 5.50. The summed E-state index contributed by atoms with van der Waals surface area (Å²) >= 11 is 0. The lowest BCUT2D eigenvalue weighted by Gasteiger charge is -2.20. The highest BCUT2D eigenvalue weighted by molar-refractivity contribution is 7.89. The van der Waals surface area contributed by atoms with Gasteiger partial charge in [-0.1, -0.05) is 30.3 Å². The van der Waals surface area contributed by atoms with Crippen LogP contribution in [0.5, 0.6) is 0 Å². The van der Waals surface area contributed by atoms with Gasteiger partial charge in [0, 0.05) is 6.54 Å². The van der Waals surface area contributed by atoms with E-state index in [1.54, 1.807) is 12.1 Å². The largest absolute Gasteiger partial charge is 0.315 e. The van der Waals surface area contributed by atoms with Gasteiger partial charge < -0.3 is 5.73 Å². The van der Waals surface area contributed by atoms with E-state index in [9.17, 15) is 8.42 Å². The van der Waals surface area contributed by atoms with Gasteiger partial charge in [0.2, 0.25) is 10.0 Å². The van der Waals surface area contributed by atoms with Gasteiger partial charge in [-0.15, -0.1) is 0 Å². The lowest BCUT2D eigenvalue weighted by molar-refractivity contribution is 0.396. The highest BCUT2D eigenvalue weighted by Gasteiger charge is 2.33. The first kappa shape index (κ1) is 12.6. The predicted molar refractivity (Wildman–Crippen MR) is 75.0 cm³/mol. The van der Waals surface area contributed by atoms with Crippen molar-refractivity contribution in [2.45, 2.75) is 23.9 Å². The van der Waals surface area contributed by atoms with E-state index < -0.39 is 16.2 Å². The Balaban J connectivity index is 2.08. The van der Waals surface area contributed by atoms with Gasteiger partial charge in [0.15, 0.2) is 0 Å². The molecule has 100 valence electrons. The van der Waals surface area contributed by atoms with Gasteiger partial charge in [-0.05, 0) is 35.7 Å². The van der Waals surface area contributed by atoms with Crippen LogP contribution >= 0.6 is 0 Å². The molecule has 1 heterocycles. The van der Waals surface area contributed by atoms with Crippen molar-refractivity contribution in [3.05, 3.63) is 42.5 Å². The van der Waals surface area contributed by atoms with Crippen molar-refractivity contribution < 1.29 is 8.42 Å². The molecule has 0 radical (unpaired) electrons. The molecule has 0 aliphatic carbocycles. The van der Waals surface area contributed by atoms with Gasteiger partial charge in [-0.3, -0.25) is 0 Å². The van der Waals surface area contributed by atoms with Crippen LogP contribution < -0.4 is 5.73 Å². The van der Waals surface area contributed by atoms with Crippen LogP contribution in [0.3, 0.4) is 0 Å². The summed E-state index contributed by atoms with van der Waals surface area (Å²) in [6.45, 7) is 0.510. The number of nitrogens with two attached hydrogens (primary N) is 1. The number of rotatable bonds is 2. The lowest BCUT2D eigenvalue weighted by atomic mass is 10.1. The zero-order valence-electron chi connectivity index (χ0n) is 10.5. The molecule has 5 heteroatoms. The topological polar surface area (TPSA) is 63.4 Å². The van der Waals surface area contributed by atoms with E-state index in [0.717, 1.165) is 23.6 Å². The first-order valence-electron chi connectivity index (χ1n) is 6.35. The van der Waals surface area contributed by atoms with E-state index in [-0.39, 0.29) is 0 Å². The van der Waals surface area contributed by atoms with Crippen LogP contribution in [0.25, 0.3) is 10.8 Å². The lowest BCUT2D eigenvalue weighted by Crippen LogP contribution is -2.40. The molecule has 1 saturated heterocycles. The van der Waals surface area contributed by atoms with Crippen molar-refractivity contribution in [3.63, 3.8) is 0 Å². The second-order valence-electron chi connectivity index (χ2n) is 4.83. The molecule has 1 atom stereocenters. The molecule has 0 spiro atoms. The fourth-order valence-corrected chi connectivity index (χ4v) is 4.15. The summed E-state index contributed by atoms with van der Waals surface area (Å²) in [5.41, 5.74) is 5.86. The van der Waals surface area contributed by atoms with Crippen LogP contribution in [0.15, 0.2) is 47.4 Å². The molecule has 1 fully saturated rings. The Kier molecular flexibility index (Phi) is 3.05. The van der Waals surface area contributed by atoms with E-state index in [2.05, 4.69) is 0 Å². The Morgan fingerprint density at radius 2 is 1.84 bits per heavy atom. The second kappa shape index (κ2) is 4.59. The van der Waals surface area contributed by atoms with Crippen LogP contribution in [0, 0.1) is 0 Å². The summed E-state index contributed by atoms with van der Waals surface area (Å²) < 4.78 is 26.5. The zero-order chi connectivity index (χ0) is 13.5. The van der Waals surface area contributed by atoms with Crippen LogP contribution in [-0.4, -0.2) is 25.4 Å². The Morgan fingerprint density at radius 1 is 1.11 bits per heavy atom. The fraction of sp³-hybridized carbons (Fsp3) is 0.286. The van der Waals surface area contributed by atoms with E-state index in [0.29, 0.717) is 11.4 Å². The highest BCUT2D eigenvalue weighted by Crippen LogP contribution is 2.26. The summed E-state index contributed by atoms with van der Waals surface area (Å²) in [5.74, 6) is 0. The number of benzene rings is 2. The number of sulfonamides is 1. The maximum absolute atomic E-state index is 12.5. The van der Waals surface area contributed by atoms with E-state index in [4.69, 9.17) is 5.73 Å². The molecule has 2 aromatic rings. The van der Waals surface area contributed by atoms with Gasteiger partial charge in [-0.2, -0.15) is 4.31 Å². The Morgan fingerprint density at radius 3 is 2.53 bits per heavy atom. The molecule has 0 aromatic heterocycles. The van der Waals surface area contributed by atoms with Crippen LogP contribution in [0.4, 0.5) is 0 Å². The SMILES string of the molecule is NC1CCCN1S(=O)(=O)c1ccc2ccccc2c1. The summed E-state index contributed by atoms with van der Waals surface area (Å²) in [6, 6.07) is 12.9. The van der Waals surface area contributed by atoms with Crippen molar-refractivity contribution >= 4 is 20.8 Å². The Bertz CT molecular complexity index is 712. The minimum Gasteiger partial charge on any atom is -0.315 e. The molecule has 0 bridgehead atoms. The van der Waals surface area contributed by atoms with Crippen molar-refractivity contribution in [2.75, 3.05) is 6.54 Å². The van der Waals surface area contributed by atoms with Crippen LogP contribution in [-0.2, 0) is 10.0 Å². The van der Waals surface area contributed by atoms with Crippen molar-refractivity contribution in [2.24, 2.45) is 5.73 Å². The average molecular weight is 276 g/mol. The molecule has 4 nitrogen and oxygen atoms in total. The normalized spacial score (nSPS) is 21.0. The fourth-order valence-electron chi connectivity index (χ4n) is 2.53. The molecule has 1 aliphatic rings. The number of fused-ring (bicyclic) bond motifs is 1. The molecular weight excluding hydrogens is 260 g/mol. The zero-order valence-corrected chi connectivity index (χ0v) is 11.3. The molecular formula is C14H16N2O2S. The number of hydrogen-bond acceptors (Lipinski definition) is 3. The number of hydrogen-bond donors (Lipinski definition) is 1. The summed E-state index contributed by atoms with van der Waals surface area (Å²) in [7, 11) is -3.47. The van der Waals surface area contributed by atoms with Gasteiger partial charge in [0.05, 0.1) is 11.1 Å². The molecule has 0 saturated carbocycles. The molecule has 19 heavy (non-hydrogen) atoms. The van der Waals surface area contributed by atoms with Gasteiger partial charge in [-0.25, -0.2) is 8.42 Å². The molecule has 2 aromatic carbocycles. The molecule has 1 unspecified atom stereocenters. The Labute approximate surface area is 112 Å². The van der Waals surface area contributed by atoms with E-state index >= 15 is 0 Å². The molecule has 2 N–H and O–H groups in total. The van der Waals surface area contributed by atoms with Gasteiger partial charge in [0.25, 0.3) is 0 Å². The van der Waals surface area contributed by atoms with E-state index in [1.165, 1.54) is 4.31 Å². The minimum absolute atomic E-state index is 0.323. The summed E-state index contributed by atoms with van der Waals surface area (Å²) in [6.07, 6.45) is 1.16. The molecule has 3 rings (SSSR count). The standard InChI is InChI=1S/C14H16N2O2S/c15-14-6-3-9-16(14)19(17,18)13-8-7-11-4-1-2-5-12(11)10-13/h1-2,4-5,7-8,10,14H,3,6,9,15H2. The maximum atomic E-state index is 12.5. The Hall–Kier alpha value is -1.43. The average Bonchev–Trinajstić information content (AvgIpc) is 2.85. The van der Waals surface area contributed by atoms with Crippen LogP contribution in [0.1, 0.15) is 12.8 Å². The van der Waals surface area contributed by atoms with Crippen LogP contribution in [0.2, 0.25) is 0 Å². The second-order valence-corrected chi connectivity index (χ2v) is 6.72. The van der Waals surface area contributed by atoms with Crippen molar-refractivity contribution in [3.8, 4) is 0 Å². The maximum Gasteiger partial charge on any atom is 0.244 e. The van der Waals surface area contributed by atoms with Gasteiger partial charge in [0.1, 0.15) is 0 Å². The monoisotopic (exact) mass is 276 g/mol. The van der Waals surface area contributed by atoms with E-state index in [1.807, 2.05) is 30.3 Å². The molecule has 1 aliphatic heterocycles. The van der Waals surface area contributed by atoms with Crippen molar-refractivity contribution in [1.82, 2.24) is 4.31 Å². The molecule has 0 amide bonds. The summed E-state index contributed by atoms with van der Waals surface area (Å²) in [4.78, 5) is 0.323. The quantitative estimate of drug-likeness (QED) is 0.911. The van der Waals surface area contributed by atoms with Gasteiger partial charge >= 0.3 is 0 Å².